The lowest BCUT2D eigenvalue weighted by molar-refractivity contribution is -0.137. The summed E-state index contributed by atoms with van der Waals surface area (Å²) in [5, 5.41) is 12.1. The molecule has 2 aromatic carbocycles. The average Bonchev–Trinajstić information content (AvgIpc) is 2.73. The molecule has 6 heteroatoms. The molecule has 1 aliphatic rings. The maximum Gasteiger partial charge on any atom is 0.416 e. The minimum Gasteiger partial charge on any atom is -0.385 e. The van der Waals surface area contributed by atoms with E-state index in [1.165, 1.54) is 11.6 Å². The van der Waals surface area contributed by atoms with E-state index in [1.54, 1.807) is 12.3 Å². The predicted octanol–water partition coefficient (Wildman–Crippen LogP) is 4.78. The highest BCUT2D eigenvalue weighted by Gasteiger charge is 2.36. The molecular formula is C23H23F3N2O. The van der Waals surface area contributed by atoms with Crippen molar-refractivity contribution in [1.82, 2.24) is 9.88 Å². The van der Waals surface area contributed by atoms with Gasteiger partial charge >= 0.3 is 6.18 Å². The van der Waals surface area contributed by atoms with Crippen molar-refractivity contribution in [2.45, 2.75) is 31.0 Å². The highest BCUT2D eigenvalue weighted by Crippen LogP contribution is 2.36. The van der Waals surface area contributed by atoms with Crippen molar-refractivity contribution in [3.63, 3.8) is 0 Å². The molecule has 0 amide bonds. The number of benzene rings is 2. The second-order valence-corrected chi connectivity index (χ2v) is 7.73. The first-order valence-corrected chi connectivity index (χ1v) is 9.80. The van der Waals surface area contributed by atoms with E-state index in [-0.39, 0.29) is 0 Å². The van der Waals surface area contributed by atoms with Crippen LogP contribution in [0.5, 0.6) is 0 Å². The standard InChI is InChI=1S/C23H23F3N2O/c24-23(25,26)20-5-1-4-19(16-20)22(29)9-13-28(14-10-22)12-8-17-6-7-21-18(15-17)3-2-11-27-21/h1-7,11,15-16,29H,8-10,12-14H2. The molecule has 0 radical (unpaired) electrons. The quantitative estimate of drug-likeness (QED) is 0.685. The lowest BCUT2D eigenvalue weighted by atomic mass is 9.83. The van der Waals surface area contributed by atoms with Crippen LogP contribution in [-0.2, 0) is 18.2 Å². The summed E-state index contributed by atoms with van der Waals surface area (Å²) in [6, 6.07) is 15.3. The summed E-state index contributed by atoms with van der Waals surface area (Å²) in [5.74, 6) is 0. The van der Waals surface area contributed by atoms with Crippen molar-refractivity contribution in [1.29, 1.82) is 0 Å². The summed E-state index contributed by atoms with van der Waals surface area (Å²) >= 11 is 0. The van der Waals surface area contributed by atoms with E-state index in [0.717, 1.165) is 36.0 Å². The van der Waals surface area contributed by atoms with Crippen molar-refractivity contribution >= 4 is 10.9 Å². The van der Waals surface area contributed by atoms with Gasteiger partial charge in [-0.05, 0) is 60.7 Å². The number of rotatable bonds is 4. The minimum atomic E-state index is -4.40. The third kappa shape index (κ3) is 4.43. The molecule has 1 aliphatic heterocycles. The summed E-state index contributed by atoms with van der Waals surface area (Å²) < 4.78 is 39.0. The van der Waals surface area contributed by atoms with Gasteiger partial charge in [0.1, 0.15) is 0 Å². The van der Waals surface area contributed by atoms with Crippen LogP contribution in [0.1, 0.15) is 29.5 Å². The van der Waals surface area contributed by atoms with Crippen LogP contribution in [0.2, 0.25) is 0 Å². The zero-order valence-corrected chi connectivity index (χ0v) is 16.0. The number of aromatic nitrogens is 1. The largest absolute Gasteiger partial charge is 0.416 e. The maximum absolute atomic E-state index is 13.0. The number of alkyl halides is 3. The van der Waals surface area contributed by atoms with Crippen molar-refractivity contribution < 1.29 is 18.3 Å². The summed E-state index contributed by atoms with van der Waals surface area (Å²) in [7, 11) is 0. The highest BCUT2D eigenvalue weighted by molar-refractivity contribution is 5.78. The fourth-order valence-corrected chi connectivity index (χ4v) is 3.99. The number of likely N-dealkylation sites (tertiary alicyclic amines) is 1. The van der Waals surface area contributed by atoms with Gasteiger partial charge in [-0.2, -0.15) is 13.2 Å². The van der Waals surface area contributed by atoms with E-state index in [1.807, 2.05) is 18.2 Å². The molecule has 2 heterocycles. The second-order valence-electron chi connectivity index (χ2n) is 7.73. The van der Waals surface area contributed by atoms with Crippen LogP contribution in [-0.4, -0.2) is 34.6 Å². The van der Waals surface area contributed by atoms with E-state index in [4.69, 9.17) is 0 Å². The van der Waals surface area contributed by atoms with Gasteiger partial charge in [-0.25, -0.2) is 0 Å². The Kier molecular flexibility index (Phi) is 5.32. The molecule has 1 aromatic heterocycles. The molecule has 0 aliphatic carbocycles. The Morgan fingerprint density at radius 2 is 1.79 bits per heavy atom. The number of fused-ring (bicyclic) bond motifs is 1. The van der Waals surface area contributed by atoms with Crippen LogP contribution in [0.25, 0.3) is 10.9 Å². The Bertz CT molecular complexity index is 995. The highest BCUT2D eigenvalue weighted by atomic mass is 19.4. The molecule has 4 rings (SSSR count). The third-order valence-electron chi connectivity index (χ3n) is 5.79. The molecule has 152 valence electrons. The predicted molar refractivity (Wildman–Crippen MR) is 106 cm³/mol. The van der Waals surface area contributed by atoms with Crippen LogP contribution in [0.15, 0.2) is 60.8 Å². The van der Waals surface area contributed by atoms with Crippen molar-refractivity contribution in [3.8, 4) is 0 Å². The van der Waals surface area contributed by atoms with Gasteiger partial charge in [0, 0.05) is 31.2 Å². The van der Waals surface area contributed by atoms with Gasteiger partial charge in [0.25, 0.3) is 0 Å². The summed E-state index contributed by atoms with van der Waals surface area (Å²) in [6.07, 6.45) is -0.886. The number of piperidine rings is 1. The number of nitrogens with zero attached hydrogens (tertiary/aromatic N) is 2. The SMILES string of the molecule is OC1(c2cccc(C(F)(F)F)c2)CCN(CCc2ccc3ncccc3c2)CC1. The average molecular weight is 400 g/mol. The van der Waals surface area contributed by atoms with Gasteiger partial charge in [-0.3, -0.25) is 4.98 Å². The Morgan fingerprint density at radius 1 is 1.00 bits per heavy atom. The van der Waals surface area contributed by atoms with E-state index in [0.29, 0.717) is 31.5 Å². The first kappa shape index (κ1) is 19.9. The number of hydrogen-bond donors (Lipinski definition) is 1. The molecule has 0 atom stereocenters. The molecule has 3 aromatic rings. The van der Waals surface area contributed by atoms with E-state index in [9.17, 15) is 18.3 Å². The van der Waals surface area contributed by atoms with E-state index < -0.39 is 17.3 Å². The lowest BCUT2D eigenvalue weighted by Crippen LogP contribution is -2.43. The third-order valence-corrected chi connectivity index (χ3v) is 5.79. The Morgan fingerprint density at radius 3 is 2.55 bits per heavy atom. The van der Waals surface area contributed by atoms with Gasteiger partial charge in [0.15, 0.2) is 0 Å². The monoisotopic (exact) mass is 400 g/mol. The normalized spacial score (nSPS) is 17.5. The summed E-state index contributed by atoms with van der Waals surface area (Å²) in [4.78, 5) is 6.59. The fraction of sp³-hybridized carbons (Fsp3) is 0.348. The zero-order chi connectivity index (χ0) is 20.5. The van der Waals surface area contributed by atoms with Gasteiger partial charge in [-0.15, -0.1) is 0 Å². The number of halogens is 3. The van der Waals surface area contributed by atoms with Crippen LogP contribution in [0, 0.1) is 0 Å². The maximum atomic E-state index is 13.0. The lowest BCUT2D eigenvalue weighted by Gasteiger charge is -2.38. The van der Waals surface area contributed by atoms with E-state index >= 15 is 0 Å². The molecule has 1 fully saturated rings. The molecule has 0 bridgehead atoms. The summed E-state index contributed by atoms with van der Waals surface area (Å²) in [6.45, 7) is 2.16. The Hall–Kier alpha value is -2.44. The van der Waals surface area contributed by atoms with Crippen molar-refractivity contribution in [3.05, 3.63) is 77.5 Å². The molecule has 1 saturated heterocycles. The molecule has 1 N–H and O–H groups in total. The van der Waals surface area contributed by atoms with Gasteiger partial charge in [0.05, 0.1) is 16.7 Å². The van der Waals surface area contributed by atoms with Crippen LogP contribution < -0.4 is 0 Å². The summed E-state index contributed by atoms with van der Waals surface area (Å²) in [5.41, 5.74) is 0.641. The van der Waals surface area contributed by atoms with Crippen LogP contribution >= 0.6 is 0 Å². The number of pyridine rings is 1. The first-order valence-electron chi connectivity index (χ1n) is 9.80. The topological polar surface area (TPSA) is 36.4 Å². The van der Waals surface area contributed by atoms with E-state index in [2.05, 4.69) is 22.0 Å². The van der Waals surface area contributed by atoms with Crippen molar-refractivity contribution in [2.75, 3.05) is 19.6 Å². The minimum absolute atomic E-state index is 0.356. The fourth-order valence-electron chi connectivity index (χ4n) is 3.99. The number of hydrogen-bond acceptors (Lipinski definition) is 3. The van der Waals surface area contributed by atoms with Gasteiger partial charge < -0.3 is 10.0 Å². The second kappa shape index (κ2) is 7.76. The molecule has 29 heavy (non-hydrogen) atoms. The Balaban J connectivity index is 1.37. The molecule has 0 saturated carbocycles. The smallest absolute Gasteiger partial charge is 0.385 e. The van der Waals surface area contributed by atoms with Gasteiger partial charge in [-0.1, -0.05) is 24.3 Å². The molecule has 0 spiro atoms. The zero-order valence-electron chi connectivity index (χ0n) is 16.0. The van der Waals surface area contributed by atoms with Gasteiger partial charge in [0.2, 0.25) is 0 Å². The molecular weight excluding hydrogens is 377 g/mol. The van der Waals surface area contributed by atoms with Crippen LogP contribution in [0.3, 0.4) is 0 Å². The number of aliphatic hydroxyl groups is 1. The first-order chi connectivity index (χ1) is 13.8. The van der Waals surface area contributed by atoms with Crippen molar-refractivity contribution in [2.24, 2.45) is 0 Å². The molecule has 3 nitrogen and oxygen atoms in total. The Labute approximate surface area is 167 Å². The molecule has 0 unspecified atom stereocenters. The van der Waals surface area contributed by atoms with Crippen LogP contribution in [0.4, 0.5) is 13.2 Å².